The summed E-state index contributed by atoms with van der Waals surface area (Å²) in [6.45, 7) is 5.67. The van der Waals surface area contributed by atoms with Gasteiger partial charge in [0.05, 0.1) is 23.9 Å². The molecule has 2 aromatic carbocycles. The Kier molecular flexibility index (Phi) is 6.52. The molecule has 34 heavy (non-hydrogen) atoms. The van der Waals surface area contributed by atoms with Crippen LogP contribution in [0.4, 0.5) is 5.82 Å². The highest BCUT2D eigenvalue weighted by atomic mass is 35.5. The second-order valence-corrected chi connectivity index (χ2v) is 8.86. The predicted molar refractivity (Wildman–Crippen MR) is 130 cm³/mol. The third kappa shape index (κ3) is 4.33. The summed E-state index contributed by atoms with van der Waals surface area (Å²) in [5, 5.41) is 10.7. The number of fused-ring (bicyclic) bond motifs is 1. The van der Waals surface area contributed by atoms with E-state index < -0.39 is 12.0 Å². The van der Waals surface area contributed by atoms with Gasteiger partial charge in [-0.05, 0) is 50.6 Å². The Bertz CT molecular complexity index is 1240. The van der Waals surface area contributed by atoms with Crippen molar-refractivity contribution in [3.63, 3.8) is 0 Å². The molecule has 2 heterocycles. The number of carbonyl (C=O) groups excluding carboxylic acids is 2. The molecule has 2 atom stereocenters. The number of rotatable bonds is 6. The van der Waals surface area contributed by atoms with Gasteiger partial charge < -0.3 is 20.1 Å². The molecule has 0 saturated carbocycles. The molecule has 0 spiro atoms. The van der Waals surface area contributed by atoms with Gasteiger partial charge in [0.1, 0.15) is 11.9 Å². The molecule has 0 aliphatic carbocycles. The van der Waals surface area contributed by atoms with Crippen molar-refractivity contribution in [3.05, 3.63) is 69.9 Å². The maximum absolute atomic E-state index is 13.3. The smallest absolute Gasteiger partial charge is 0.251 e. The van der Waals surface area contributed by atoms with Gasteiger partial charge >= 0.3 is 0 Å². The summed E-state index contributed by atoms with van der Waals surface area (Å²) in [6, 6.07) is 11.4. The van der Waals surface area contributed by atoms with Gasteiger partial charge in [0.15, 0.2) is 11.5 Å². The minimum atomic E-state index is -0.902. The number of methoxy groups -OCH3 is 1. The molecule has 9 heteroatoms. The summed E-state index contributed by atoms with van der Waals surface area (Å²) in [5.74, 6) is 0.199. The number of nitrogens with one attached hydrogen (secondary N) is 2. The van der Waals surface area contributed by atoms with Crippen LogP contribution in [0.3, 0.4) is 0 Å². The highest BCUT2D eigenvalue weighted by Gasteiger charge is 2.42. The molecule has 8 nitrogen and oxygen atoms in total. The van der Waals surface area contributed by atoms with Crippen LogP contribution >= 0.6 is 11.6 Å². The Morgan fingerprint density at radius 1 is 1.24 bits per heavy atom. The lowest BCUT2D eigenvalue weighted by atomic mass is 9.81. The molecule has 178 valence electrons. The van der Waals surface area contributed by atoms with Crippen LogP contribution in [0.2, 0.25) is 5.02 Å². The predicted octanol–water partition coefficient (Wildman–Crippen LogP) is 4.06. The largest absolute Gasteiger partial charge is 0.493 e. The molecule has 0 bridgehead atoms. The molecule has 0 fully saturated rings. The van der Waals surface area contributed by atoms with Gasteiger partial charge in [-0.15, -0.1) is 0 Å². The number of hydrogen-bond acceptors (Lipinski definition) is 5. The topological polar surface area (TPSA) is 94.5 Å². The van der Waals surface area contributed by atoms with Crippen LogP contribution in [0.1, 0.15) is 46.9 Å². The monoisotopic (exact) mass is 482 g/mol. The fourth-order valence-electron chi connectivity index (χ4n) is 4.30. The Morgan fingerprint density at radius 2 is 1.94 bits per heavy atom. The Balaban J connectivity index is 1.84. The fraction of sp³-hybridized carbons (Fsp3) is 0.320. The number of aromatic nitrogens is 2. The van der Waals surface area contributed by atoms with Crippen molar-refractivity contribution < 1.29 is 19.1 Å². The van der Waals surface area contributed by atoms with Crippen LogP contribution in [0.25, 0.3) is 0 Å². The van der Waals surface area contributed by atoms with E-state index in [2.05, 4.69) is 15.7 Å². The minimum absolute atomic E-state index is 0.109. The van der Waals surface area contributed by atoms with Gasteiger partial charge in [0.25, 0.3) is 5.91 Å². The first kappa shape index (κ1) is 23.6. The zero-order valence-corrected chi connectivity index (χ0v) is 20.4. The van der Waals surface area contributed by atoms with Crippen LogP contribution < -0.4 is 20.1 Å². The summed E-state index contributed by atoms with van der Waals surface area (Å²) in [6.07, 6.45) is -0.109. The van der Waals surface area contributed by atoms with E-state index in [1.165, 1.54) is 7.11 Å². The number of benzene rings is 2. The van der Waals surface area contributed by atoms with Gasteiger partial charge in [-0.3, -0.25) is 14.3 Å². The van der Waals surface area contributed by atoms with Crippen LogP contribution in [0, 0.1) is 6.92 Å². The van der Waals surface area contributed by atoms with Crippen LogP contribution in [0.5, 0.6) is 11.5 Å². The molecular weight excluding hydrogens is 456 g/mol. The number of ether oxygens (including phenoxy) is 2. The third-order valence-corrected chi connectivity index (χ3v) is 6.00. The number of halogens is 1. The average Bonchev–Trinajstić information content (AvgIpc) is 3.08. The Hall–Kier alpha value is -3.52. The van der Waals surface area contributed by atoms with E-state index in [-0.39, 0.29) is 17.9 Å². The normalized spacial score (nSPS) is 17.2. The third-order valence-electron chi connectivity index (χ3n) is 5.72. The maximum atomic E-state index is 13.3. The molecule has 0 radical (unpaired) electrons. The van der Waals surface area contributed by atoms with Gasteiger partial charge in [-0.2, -0.15) is 5.10 Å². The minimum Gasteiger partial charge on any atom is -0.493 e. The number of hydrogen-bond donors (Lipinski definition) is 2. The first-order chi connectivity index (χ1) is 16.2. The summed E-state index contributed by atoms with van der Waals surface area (Å²) in [4.78, 5) is 26.3. The molecule has 1 aliphatic rings. The molecule has 4 rings (SSSR count). The first-order valence-corrected chi connectivity index (χ1v) is 11.3. The standard InChI is InChI=1S/C25H27ClN4O4/c1-13(2)34-22-17(26)11-16(12-18(22)33-5)20-19-14(3)29-30(4)23(19)28-25(32)21(20)27-24(31)15-9-7-6-8-10-15/h6-13,20-21H,1-5H3,(H,27,31)(H,28,32)/t20-,21+/m1/s1. The molecule has 0 saturated heterocycles. The van der Waals surface area contributed by atoms with E-state index >= 15 is 0 Å². The lowest BCUT2D eigenvalue weighted by Gasteiger charge is -2.33. The van der Waals surface area contributed by atoms with E-state index in [1.807, 2.05) is 26.8 Å². The van der Waals surface area contributed by atoms with E-state index in [0.717, 1.165) is 11.3 Å². The summed E-state index contributed by atoms with van der Waals surface area (Å²) >= 11 is 6.62. The van der Waals surface area contributed by atoms with Crippen molar-refractivity contribution in [1.29, 1.82) is 0 Å². The van der Waals surface area contributed by atoms with Gasteiger partial charge in [0.2, 0.25) is 5.91 Å². The number of nitrogens with zero attached hydrogens (tertiary/aromatic N) is 2. The second kappa shape index (κ2) is 9.38. The molecular formula is C25H27ClN4O4. The van der Waals surface area contributed by atoms with Crippen molar-refractivity contribution in [1.82, 2.24) is 15.1 Å². The molecule has 1 aromatic heterocycles. The quantitative estimate of drug-likeness (QED) is 0.552. The summed E-state index contributed by atoms with van der Waals surface area (Å²) in [5.41, 5.74) is 2.69. The highest BCUT2D eigenvalue weighted by Crippen LogP contribution is 2.44. The SMILES string of the molecule is COc1cc([C@@H]2c3c(C)nn(C)c3NC(=O)[C@H]2NC(=O)c2ccccc2)cc(Cl)c1OC(C)C. The van der Waals surface area contributed by atoms with Crippen molar-refractivity contribution in [2.75, 3.05) is 12.4 Å². The van der Waals surface area contributed by atoms with E-state index in [0.29, 0.717) is 33.5 Å². The molecule has 1 aliphatic heterocycles. The summed E-state index contributed by atoms with van der Waals surface area (Å²) in [7, 11) is 3.30. The molecule has 0 unspecified atom stereocenters. The van der Waals surface area contributed by atoms with E-state index in [4.69, 9.17) is 21.1 Å². The lowest BCUT2D eigenvalue weighted by Crippen LogP contribution is -2.50. The number of amides is 2. The second-order valence-electron chi connectivity index (χ2n) is 8.46. The van der Waals surface area contributed by atoms with Crippen molar-refractivity contribution >= 4 is 29.2 Å². The molecule has 2 N–H and O–H groups in total. The van der Waals surface area contributed by atoms with E-state index in [9.17, 15) is 9.59 Å². The first-order valence-electron chi connectivity index (χ1n) is 11.0. The number of anilines is 1. The fourth-order valence-corrected chi connectivity index (χ4v) is 4.56. The van der Waals surface area contributed by atoms with Crippen LogP contribution in [0.15, 0.2) is 42.5 Å². The van der Waals surface area contributed by atoms with Crippen LogP contribution in [-0.4, -0.2) is 40.9 Å². The van der Waals surface area contributed by atoms with Gasteiger partial charge in [-0.25, -0.2) is 0 Å². The molecule has 2 amide bonds. The maximum Gasteiger partial charge on any atom is 0.251 e. The van der Waals surface area contributed by atoms with Crippen molar-refractivity contribution in [2.45, 2.75) is 38.8 Å². The van der Waals surface area contributed by atoms with E-state index in [1.54, 1.807) is 48.1 Å². The number of aryl methyl sites for hydroxylation is 2. The zero-order valence-electron chi connectivity index (χ0n) is 19.7. The van der Waals surface area contributed by atoms with Crippen molar-refractivity contribution in [2.24, 2.45) is 7.05 Å². The highest BCUT2D eigenvalue weighted by molar-refractivity contribution is 6.32. The van der Waals surface area contributed by atoms with Gasteiger partial charge in [0, 0.05) is 24.1 Å². The Morgan fingerprint density at radius 3 is 2.59 bits per heavy atom. The summed E-state index contributed by atoms with van der Waals surface area (Å²) < 4.78 is 13.1. The zero-order chi connectivity index (χ0) is 24.6. The van der Waals surface area contributed by atoms with Gasteiger partial charge in [-0.1, -0.05) is 29.8 Å². The average molecular weight is 483 g/mol. The molecule has 3 aromatic rings. The van der Waals surface area contributed by atoms with Crippen LogP contribution in [-0.2, 0) is 11.8 Å². The number of carbonyl (C=O) groups is 2. The Labute approximate surface area is 203 Å². The lowest BCUT2D eigenvalue weighted by molar-refractivity contribution is -0.118. The van der Waals surface area contributed by atoms with Crippen molar-refractivity contribution in [3.8, 4) is 11.5 Å².